The first-order valence-electron chi connectivity index (χ1n) is 14.9. The van der Waals surface area contributed by atoms with Crippen LogP contribution in [0.15, 0.2) is 30.9 Å². The van der Waals surface area contributed by atoms with Gasteiger partial charge in [0.05, 0.1) is 24.9 Å². The van der Waals surface area contributed by atoms with Crippen molar-refractivity contribution in [3.8, 4) is 5.75 Å². The lowest BCUT2D eigenvalue weighted by atomic mass is 9.87. The second-order valence-corrected chi connectivity index (χ2v) is 12.6. The molecule has 3 heterocycles. The number of hydrogen-bond donors (Lipinski definition) is 1. The van der Waals surface area contributed by atoms with Gasteiger partial charge in [-0.2, -0.15) is 0 Å². The number of aryl methyl sites for hydroxylation is 3. The number of aromatic nitrogens is 1. The molecule has 2 aromatic rings. The second kappa shape index (κ2) is 12.7. The quantitative estimate of drug-likeness (QED) is 0.230. The number of alkyl carbamates (subject to hydrolysis) is 1. The molecule has 4 rings (SSSR count). The van der Waals surface area contributed by atoms with Crippen LogP contribution in [0.5, 0.6) is 5.75 Å². The van der Waals surface area contributed by atoms with E-state index in [1.165, 1.54) is 12.0 Å². The summed E-state index contributed by atoms with van der Waals surface area (Å²) in [5, 5.41) is 3.85. The first-order chi connectivity index (χ1) is 19.9. The smallest absolute Gasteiger partial charge is 0.408 e. The maximum Gasteiger partial charge on any atom is 0.408 e. The van der Waals surface area contributed by atoms with Crippen molar-refractivity contribution in [3.05, 3.63) is 47.7 Å². The number of carbonyl (C=O) groups excluding carboxylic acids is 3. The fraction of sp³-hybridized carbons (Fsp3) is 0.576. The van der Waals surface area contributed by atoms with Crippen LogP contribution in [0.4, 0.5) is 4.79 Å². The van der Waals surface area contributed by atoms with Crippen molar-refractivity contribution >= 4 is 28.9 Å². The molecule has 1 aromatic heterocycles. The SMILES string of the molecule is C=CCCCCCC(NC(=O)OC(C)(C)C)C(=O)N1CC2(CCc3c(c(C)nc4ccc(C)cc34)O2)CC1C(=O)OC. The highest BCUT2D eigenvalue weighted by atomic mass is 16.6. The Hall–Kier alpha value is -3.62. The summed E-state index contributed by atoms with van der Waals surface area (Å²) in [5.74, 6) is -0.112. The Labute approximate surface area is 249 Å². The molecule has 1 fully saturated rings. The number of rotatable bonds is 9. The molecule has 9 heteroatoms. The van der Waals surface area contributed by atoms with E-state index in [2.05, 4.69) is 31.0 Å². The molecule has 3 atom stereocenters. The topological polar surface area (TPSA) is 107 Å². The van der Waals surface area contributed by atoms with Crippen LogP contribution in [-0.4, -0.2) is 64.8 Å². The summed E-state index contributed by atoms with van der Waals surface area (Å²) in [6.07, 6.45) is 6.74. The van der Waals surface area contributed by atoms with Crippen molar-refractivity contribution in [1.82, 2.24) is 15.2 Å². The Morgan fingerprint density at radius 3 is 2.69 bits per heavy atom. The molecule has 0 bridgehead atoms. The number of benzene rings is 1. The molecule has 0 radical (unpaired) electrons. The number of likely N-dealkylation sites (tertiary alicyclic amines) is 1. The zero-order valence-electron chi connectivity index (χ0n) is 25.9. The van der Waals surface area contributed by atoms with Crippen molar-refractivity contribution in [1.29, 1.82) is 0 Å². The molecule has 0 saturated carbocycles. The fourth-order valence-electron chi connectivity index (χ4n) is 6.07. The predicted octanol–water partition coefficient (Wildman–Crippen LogP) is 5.72. The van der Waals surface area contributed by atoms with E-state index >= 15 is 0 Å². The number of amides is 2. The molecule has 2 amide bonds. The van der Waals surface area contributed by atoms with Gasteiger partial charge in [-0.3, -0.25) is 4.79 Å². The Morgan fingerprint density at radius 1 is 1.24 bits per heavy atom. The van der Waals surface area contributed by atoms with E-state index in [0.29, 0.717) is 19.3 Å². The number of ether oxygens (including phenoxy) is 3. The van der Waals surface area contributed by atoms with E-state index in [1.807, 2.05) is 19.1 Å². The first-order valence-corrected chi connectivity index (χ1v) is 14.9. The largest absolute Gasteiger partial charge is 0.483 e. The van der Waals surface area contributed by atoms with Crippen molar-refractivity contribution in [2.24, 2.45) is 0 Å². The van der Waals surface area contributed by atoms with Crippen molar-refractivity contribution in [2.75, 3.05) is 13.7 Å². The highest BCUT2D eigenvalue weighted by Crippen LogP contribution is 2.44. The third-order valence-electron chi connectivity index (χ3n) is 8.06. The summed E-state index contributed by atoms with van der Waals surface area (Å²) in [6, 6.07) is 4.53. The molecule has 9 nitrogen and oxygen atoms in total. The first kappa shape index (κ1) is 31.3. The molecule has 1 saturated heterocycles. The number of nitrogens with zero attached hydrogens (tertiary/aromatic N) is 2. The number of methoxy groups -OCH3 is 1. The van der Waals surface area contributed by atoms with Crippen LogP contribution in [0.25, 0.3) is 10.9 Å². The Bertz CT molecular complexity index is 1350. The minimum Gasteiger partial charge on any atom is -0.483 e. The second-order valence-electron chi connectivity index (χ2n) is 12.6. The molecular formula is C33H45N3O6. The van der Waals surface area contributed by atoms with Gasteiger partial charge in [-0.1, -0.05) is 30.5 Å². The normalized spacial score (nSPS) is 20.5. The summed E-state index contributed by atoms with van der Waals surface area (Å²) in [6.45, 7) is 13.3. The number of unbranched alkanes of at least 4 members (excludes halogenated alkanes) is 3. The average molecular weight is 580 g/mol. The average Bonchev–Trinajstić information content (AvgIpc) is 3.29. The summed E-state index contributed by atoms with van der Waals surface area (Å²) in [4.78, 5) is 46.2. The van der Waals surface area contributed by atoms with Gasteiger partial charge in [0.2, 0.25) is 5.91 Å². The van der Waals surface area contributed by atoms with Gasteiger partial charge in [0.25, 0.3) is 0 Å². The highest BCUT2D eigenvalue weighted by molar-refractivity contribution is 5.91. The maximum atomic E-state index is 14.1. The third kappa shape index (κ3) is 7.05. The highest BCUT2D eigenvalue weighted by Gasteiger charge is 2.53. The minimum absolute atomic E-state index is 0.208. The van der Waals surface area contributed by atoms with E-state index in [1.54, 1.807) is 20.8 Å². The third-order valence-corrected chi connectivity index (χ3v) is 8.06. The predicted molar refractivity (Wildman–Crippen MR) is 161 cm³/mol. The van der Waals surface area contributed by atoms with E-state index in [4.69, 9.17) is 19.2 Å². The van der Waals surface area contributed by atoms with Crippen LogP contribution >= 0.6 is 0 Å². The number of fused-ring (bicyclic) bond motifs is 3. The number of nitrogens with one attached hydrogen (secondary N) is 1. The van der Waals surface area contributed by atoms with Gasteiger partial charge in [0.1, 0.15) is 29.0 Å². The molecule has 3 unspecified atom stereocenters. The number of pyridine rings is 1. The Kier molecular flexibility index (Phi) is 9.48. The van der Waals surface area contributed by atoms with Crippen LogP contribution in [0.2, 0.25) is 0 Å². The molecule has 0 aliphatic carbocycles. The van der Waals surface area contributed by atoms with E-state index in [9.17, 15) is 14.4 Å². The summed E-state index contributed by atoms with van der Waals surface area (Å²) in [5.41, 5.74) is 2.47. The van der Waals surface area contributed by atoms with Gasteiger partial charge in [0.15, 0.2) is 0 Å². The zero-order valence-corrected chi connectivity index (χ0v) is 25.9. The van der Waals surface area contributed by atoms with Gasteiger partial charge >= 0.3 is 12.1 Å². The number of carbonyl (C=O) groups is 3. The molecule has 1 N–H and O–H groups in total. The lowest BCUT2D eigenvalue weighted by Gasteiger charge is -2.36. The van der Waals surface area contributed by atoms with Crippen molar-refractivity contribution < 1.29 is 28.6 Å². The maximum absolute atomic E-state index is 14.1. The van der Waals surface area contributed by atoms with Gasteiger partial charge in [0, 0.05) is 17.4 Å². The Balaban J connectivity index is 1.61. The lowest BCUT2D eigenvalue weighted by molar-refractivity contribution is -0.151. The van der Waals surface area contributed by atoms with Crippen LogP contribution in [0.1, 0.15) is 82.5 Å². The monoisotopic (exact) mass is 579 g/mol. The van der Waals surface area contributed by atoms with Gasteiger partial charge in [-0.25, -0.2) is 14.6 Å². The summed E-state index contributed by atoms with van der Waals surface area (Å²) >= 11 is 0. The van der Waals surface area contributed by atoms with E-state index < -0.39 is 35.3 Å². The van der Waals surface area contributed by atoms with Crippen molar-refractivity contribution in [3.63, 3.8) is 0 Å². The molecule has 2 aliphatic rings. The van der Waals surface area contributed by atoms with Crippen LogP contribution in [0, 0.1) is 13.8 Å². The fourth-order valence-corrected chi connectivity index (χ4v) is 6.07. The standard InChI is InChI=1S/C33H45N3O6/c1-8-9-10-11-12-13-26(35-31(39)42-32(4,5)6)29(37)36-20-33(19-27(36)30(38)40-7)17-16-23-24-18-21(2)14-15-25(24)34-22(3)28(23)41-33/h8,14-15,18,26-27H,1,9-13,16-17,19-20H2,2-7H3,(H,35,39). The number of esters is 1. The summed E-state index contributed by atoms with van der Waals surface area (Å²) in [7, 11) is 1.32. The zero-order chi connectivity index (χ0) is 30.7. The number of hydrogen-bond acceptors (Lipinski definition) is 7. The number of allylic oxidation sites excluding steroid dienone is 1. The van der Waals surface area contributed by atoms with Gasteiger partial charge in [-0.05, 0) is 78.9 Å². The van der Waals surface area contributed by atoms with Crippen LogP contribution in [-0.2, 0) is 25.5 Å². The van der Waals surface area contributed by atoms with Crippen molar-refractivity contribution in [2.45, 2.75) is 109 Å². The van der Waals surface area contributed by atoms with E-state index in [-0.39, 0.29) is 12.5 Å². The van der Waals surface area contributed by atoms with E-state index in [0.717, 1.165) is 65.6 Å². The van der Waals surface area contributed by atoms with Crippen LogP contribution < -0.4 is 10.1 Å². The van der Waals surface area contributed by atoms with Gasteiger partial charge in [-0.15, -0.1) is 6.58 Å². The molecular weight excluding hydrogens is 534 g/mol. The lowest BCUT2D eigenvalue weighted by Crippen LogP contribution is -2.53. The molecule has 228 valence electrons. The Morgan fingerprint density at radius 2 is 2.00 bits per heavy atom. The minimum atomic E-state index is -0.850. The van der Waals surface area contributed by atoms with Crippen LogP contribution in [0.3, 0.4) is 0 Å². The molecule has 2 aliphatic heterocycles. The molecule has 1 spiro atoms. The molecule has 1 aromatic carbocycles. The molecule has 42 heavy (non-hydrogen) atoms. The summed E-state index contributed by atoms with van der Waals surface area (Å²) < 4.78 is 17.3. The van der Waals surface area contributed by atoms with Gasteiger partial charge < -0.3 is 24.4 Å².